The van der Waals surface area contributed by atoms with Crippen molar-refractivity contribution in [2.75, 3.05) is 45.8 Å². The number of likely N-dealkylation sites (N-methyl/N-ethyl adjacent to an activating group) is 1. The zero-order valence-corrected chi connectivity index (χ0v) is 22.3. The summed E-state index contributed by atoms with van der Waals surface area (Å²) >= 11 is 0. The van der Waals surface area contributed by atoms with Crippen molar-refractivity contribution in [1.82, 2.24) is 24.3 Å². The molecule has 0 N–H and O–H groups in total. The summed E-state index contributed by atoms with van der Waals surface area (Å²) in [5.74, 6) is 0.314. The van der Waals surface area contributed by atoms with E-state index in [-0.39, 0.29) is 11.6 Å². The maximum atomic E-state index is 13.0. The lowest BCUT2D eigenvalue weighted by Crippen LogP contribution is -2.34. The number of carbonyl (C=O) groups is 1. The number of ether oxygens (including phenoxy) is 1. The summed E-state index contributed by atoms with van der Waals surface area (Å²) < 4.78 is 8.76. The zero-order chi connectivity index (χ0) is 26.1. The first-order valence-corrected chi connectivity index (χ1v) is 12.0. The third-order valence-electron chi connectivity index (χ3n) is 6.40. The quantitative estimate of drug-likeness (QED) is 0.484. The van der Waals surface area contributed by atoms with Crippen LogP contribution < -0.4 is 4.90 Å². The molecule has 1 aliphatic rings. The number of hydrogen-bond donors (Lipinski definition) is 0. The van der Waals surface area contributed by atoms with Gasteiger partial charge in [0.2, 0.25) is 0 Å². The number of benzene rings is 1. The van der Waals surface area contributed by atoms with E-state index in [2.05, 4.69) is 28.1 Å². The zero-order valence-electron chi connectivity index (χ0n) is 22.3. The van der Waals surface area contributed by atoms with Gasteiger partial charge in [-0.3, -0.25) is 9.48 Å². The van der Waals surface area contributed by atoms with Crippen molar-refractivity contribution in [1.29, 1.82) is 0 Å². The molecular weight excluding hydrogens is 456 g/mol. The van der Waals surface area contributed by atoms with Crippen LogP contribution in [-0.2, 0) is 16.6 Å². The van der Waals surface area contributed by atoms with Gasteiger partial charge in [-0.1, -0.05) is 0 Å². The number of anilines is 1. The summed E-state index contributed by atoms with van der Waals surface area (Å²) in [5, 5.41) is 9.22. The molecule has 0 radical (unpaired) electrons. The van der Waals surface area contributed by atoms with Crippen LogP contribution in [0.1, 0.15) is 29.7 Å². The fourth-order valence-electron chi connectivity index (χ4n) is 4.15. The third-order valence-corrected chi connectivity index (χ3v) is 6.40. The molecule has 0 bridgehead atoms. The molecule has 0 saturated carbocycles. The number of aromatic nitrogens is 4. The average molecular weight is 491 g/mol. The lowest BCUT2D eigenvalue weighted by Gasteiger charge is -2.23. The summed E-state index contributed by atoms with van der Waals surface area (Å²) in [6, 6.07) is 8.12. The molecule has 10 heteroatoms. The SMILES string of the molecule is CCN(CCOC)c1ccc(/N=C2/C(C(=O)N(C)C)=Nn3c2nc(-c2cc(C)n(C)n2)c3C)c(C)c1. The van der Waals surface area contributed by atoms with Crippen molar-refractivity contribution >= 4 is 28.7 Å². The molecule has 1 amide bonds. The number of aryl methyl sites for hydroxylation is 3. The van der Waals surface area contributed by atoms with E-state index < -0.39 is 0 Å². The molecule has 4 rings (SSSR count). The smallest absolute Gasteiger partial charge is 0.276 e. The molecule has 0 saturated heterocycles. The summed E-state index contributed by atoms with van der Waals surface area (Å²) in [6.07, 6.45) is 0. The monoisotopic (exact) mass is 490 g/mol. The molecule has 10 nitrogen and oxygen atoms in total. The van der Waals surface area contributed by atoms with Crippen LogP contribution in [0.25, 0.3) is 11.4 Å². The van der Waals surface area contributed by atoms with Crippen LogP contribution in [0.15, 0.2) is 34.4 Å². The number of fused-ring (bicyclic) bond motifs is 1. The minimum atomic E-state index is -0.222. The molecule has 36 heavy (non-hydrogen) atoms. The van der Waals surface area contributed by atoms with Gasteiger partial charge in [0.25, 0.3) is 5.91 Å². The van der Waals surface area contributed by atoms with Crippen molar-refractivity contribution < 1.29 is 9.53 Å². The van der Waals surface area contributed by atoms with Gasteiger partial charge < -0.3 is 14.5 Å². The van der Waals surface area contributed by atoms with Crippen LogP contribution in [0.4, 0.5) is 11.4 Å². The fraction of sp³-hybridized carbons (Fsp3) is 0.423. The van der Waals surface area contributed by atoms with E-state index in [4.69, 9.17) is 14.7 Å². The Bertz CT molecular complexity index is 1340. The van der Waals surface area contributed by atoms with E-state index in [9.17, 15) is 4.79 Å². The number of imidazole rings is 1. The Hall–Kier alpha value is -3.79. The van der Waals surface area contributed by atoms with Gasteiger partial charge in [-0.05, 0) is 57.5 Å². The van der Waals surface area contributed by atoms with Crippen molar-refractivity contribution in [3.8, 4) is 11.4 Å². The van der Waals surface area contributed by atoms with Crippen LogP contribution >= 0.6 is 0 Å². The Labute approximate surface area is 211 Å². The molecule has 0 spiro atoms. The van der Waals surface area contributed by atoms with Gasteiger partial charge in [0.15, 0.2) is 11.5 Å². The fourth-order valence-corrected chi connectivity index (χ4v) is 4.15. The topological polar surface area (TPSA) is 93.1 Å². The number of carbonyl (C=O) groups excluding carboxylic acids is 1. The van der Waals surface area contributed by atoms with E-state index in [1.54, 1.807) is 25.9 Å². The first-order valence-electron chi connectivity index (χ1n) is 12.0. The second kappa shape index (κ2) is 10.1. The minimum Gasteiger partial charge on any atom is -0.383 e. The Balaban J connectivity index is 1.80. The first kappa shape index (κ1) is 25.3. The van der Waals surface area contributed by atoms with Crippen LogP contribution in [-0.4, -0.2) is 82.6 Å². The Morgan fingerprint density at radius 2 is 1.92 bits per heavy atom. The largest absolute Gasteiger partial charge is 0.383 e. The molecule has 0 aliphatic carbocycles. The first-order chi connectivity index (χ1) is 17.2. The average Bonchev–Trinajstić information content (AvgIpc) is 3.48. The Morgan fingerprint density at radius 1 is 1.17 bits per heavy atom. The van der Waals surface area contributed by atoms with Crippen molar-refractivity contribution in [2.45, 2.75) is 27.7 Å². The Morgan fingerprint density at radius 3 is 2.50 bits per heavy atom. The highest BCUT2D eigenvalue weighted by molar-refractivity contribution is 6.70. The Kier molecular flexibility index (Phi) is 7.07. The highest BCUT2D eigenvalue weighted by Gasteiger charge is 2.34. The second-order valence-corrected chi connectivity index (χ2v) is 9.13. The molecule has 3 aromatic rings. The van der Waals surface area contributed by atoms with Crippen LogP contribution in [0.2, 0.25) is 0 Å². The number of nitrogens with zero attached hydrogens (tertiary/aromatic N) is 8. The standard InChI is InChI=1S/C26H34N8O2/c1-9-33(12-13-36-8)19-10-11-20(16(2)14-19)27-23-24(26(35)31(5)6)30-34-18(4)22(28-25(23)34)21-15-17(3)32(7)29-21/h10-11,14-15H,9,12-13H2,1-8H3/b27-23-. The van der Waals surface area contributed by atoms with E-state index in [1.807, 2.05) is 50.7 Å². The molecule has 1 aromatic carbocycles. The molecular formula is C26H34N8O2. The molecule has 2 aromatic heterocycles. The predicted molar refractivity (Wildman–Crippen MR) is 143 cm³/mol. The number of rotatable bonds is 8. The second-order valence-electron chi connectivity index (χ2n) is 9.13. The highest BCUT2D eigenvalue weighted by atomic mass is 16.5. The summed E-state index contributed by atoms with van der Waals surface area (Å²) in [7, 11) is 7.02. The van der Waals surface area contributed by atoms with Gasteiger partial charge in [-0.15, -0.1) is 0 Å². The van der Waals surface area contributed by atoms with Crippen LogP contribution in [0.3, 0.4) is 0 Å². The lowest BCUT2D eigenvalue weighted by atomic mass is 10.1. The van der Waals surface area contributed by atoms with Gasteiger partial charge in [-0.25, -0.2) is 14.7 Å². The van der Waals surface area contributed by atoms with E-state index >= 15 is 0 Å². The molecule has 190 valence electrons. The summed E-state index contributed by atoms with van der Waals surface area (Å²) in [4.78, 5) is 26.6. The number of methoxy groups -OCH3 is 1. The summed E-state index contributed by atoms with van der Waals surface area (Å²) in [5.41, 5.74) is 6.92. The van der Waals surface area contributed by atoms with Gasteiger partial charge in [0.05, 0.1) is 18.0 Å². The van der Waals surface area contributed by atoms with E-state index in [1.165, 1.54) is 4.90 Å². The third kappa shape index (κ3) is 4.56. The molecule has 0 atom stereocenters. The van der Waals surface area contributed by atoms with Crippen LogP contribution in [0.5, 0.6) is 0 Å². The number of hydrogen-bond acceptors (Lipinski definition) is 7. The van der Waals surface area contributed by atoms with E-state index in [0.717, 1.165) is 52.8 Å². The minimum absolute atomic E-state index is 0.222. The van der Waals surface area contributed by atoms with Gasteiger partial charge in [0.1, 0.15) is 17.1 Å². The normalized spacial score (nSPS) is 13.8. The maximum absolute atomic E-state index is 13.0. The van der Waals surface area contributed by atoms with Crippen LogP contribution in [0, 0.1) is 20.8 Å². The van der Waals surface area contributed by atoms with Crippen molar-refractivity contribution in [3.63, 3.8) is 0 Å². The van der Waals surface area contributed by atoms with E-state index in [0.29, 0.717) is 18.1 Å². The molecule has 0 unspecified atom stereocenters. The maximum Gasteiger partial charge on any atom is 0.276 e. The van der Waals surface area contributed by atoms with Crippen molar-refractivity contribution in [2.24, 2.45) is 17.1 Å². The van der Waals surface area contributed by atoms with Gasteiger partial charge in [-0.2, -0.15) is 10.2 Å². The van der Waals surface area contributed by atoms with Gasteiger partial charge in [0, 0.05) is 52.7 Å². The molecule has 1 aliphatic heterocycles. The number of aliphatic imine (C=N–C) groups is 1. The number of amides is 1. The van der Waals surface area contributed by atoms with Gasteiger partial charge >= 0.3 is 0 Å². The molecule has 3 heterocycles. The predicted octanol–water partition coefficient (Wildman–Crippen LogP) is 3.11. The molecule has 0 fully saturated rings. The lowest BCUT2D eigenvalue weighted by molar-refractivity contribution is -0.121. The highest BCUT2D eigenvalue weighted by Crippen LogP contribution is 2.30. The summed E-state index contributed by atoms with van der Waals surface area (Å²) in [6.45, 7) is 10.4. The van der Waals surface area contributed by atoms with Crippen molar-refractivity contribution in [3.05, 3.63) is 47.0 Å².